The van der Waals surface area contributed by atoms with Crippen molar-refractivity contribution in [3.8, 4) is 17.2 Å². The Hall–Kier alpha value is -2.42. The van der Waals surface area contributed by atoms with Crippen LogP contribution in [0.25, 0.3) is 0 Å². The molecule has 2 aromatic rings. The molecule has 0 aliphatic rings. The number of benzene rings is 2. The van der Waals surface area contributed by atoms with Crippen molar-refractivity contribution in [3.05, 3.63) is 66.2 Å². The molecule has 0 spiro atoms. The maximum Gasteiger partial charge on any atom is 0.164 e. The minimum Gasteiger partial charge on any atom is -0.493 e. The molecule has 1 atom stereocenters. The summed E-state index contributed by atoms with van der Waals surface area (Å²) in [7, 11) is 3.25. The van der Waals surface area contributed by atoms with Crippen molar-refractivity contribution in [3.63, 3.8) is 0 Å². The van der Waals surface area contributed by atoms with Crippen LogP contribution in [0.1, 0.15) is 24.0 Å². The van der Waals surface area contributed by atoms with Gasteiger partial charge in [0.1, 0.15) is 12.4 Å². The van der Waals surface area contributed by atoms with Gasteiger partial charge in [0.25, 0.3) is 0 Å². The lowest BCUT2D eigenvalue weighted by molar-refractivity contribution is 0.296. The standard InChI is InChI=1S/C19H22O3/c1-5-14(2)16-11-18(20-3)19(21-4)12-17(16)22-13-15-9-7-6-8-10-15/h5-12,14H,1,13H2,2-4H3. The van der Waals surface area contributed by atoms with Crippen molar-refractivity contribution >= 4 is 0 Å². The molecule has 3 heteroatoms. The van der Waals surface area contributed by atoms with Crippen molar-refractivity contribution in [2.24, 2.45) is 0 Å². The molecule has 2 rings (SSSR count). The van der Waals surface area contributed by atoms with E-state index >= 15 is 0 Å². The maximum absolute atomic E-state index is 6.00. The number of methoxy groups -OCH3 is 2. The Kier molecular flexibility index (Phi) is 5.48. The Bertz CT molecular complexity index is 620. The van der Waals surface area contributed by atoms with E-state index in [-0.39, 0.29) is 5.92 Å². The number of rotatable bonds is 7. The van der Waals surface area contributed by atoms with Crippen LogP contribution in [0.3, 0.4) is 0 Å². The van der Waals surface area contributed by atoms with Crippen LogP contribution in [0.5, 0.6) is 17.2 Å². The average Bonchev–Trinajstić information content (AvgIpc) is 2.59. The van der Waals surface area contributed by atoms with Crippen LogP contribution in [0.15, 0.2) is 55.1 Å². The normalized spacial score (nSPS) is 11.6. The fourth-order valence-corrected chi connectivity index (χ4v) is 2.22. The van der Waals surface area contributed by atoms with E-state index in [1.54, 1.807) is 14.2 Å². The Morgan fingerprint density at radius 2 is 1.64 bits per heavy atom. The lowest BCUT2D eigenvalue weighted by Gasteiger charge is -2.18. The van der Waals surface area contributed by atoms with Crippen LogP contribution < -0.4 is 14.2 Å². The first kappa shape index (κ1) is 16.0. The van der Waals surface area contributed by atoms with Gasteiger partial charge < -0.3 is 14.2 Å². The second kappa shape index (κ2) is 7.55. The van der Waals surface area contributed by atoms with Gasteiger partial charge in [0.05, 0.1) is 14.2 Å². The first-order valence-corrected chi connectivity index (χ1v) is 7.24. The van der Waals surface area contributed by atoms with Gasteiger partial charge in [0.2, 0.25) is 0 Å². The minimum absolute atomic E-state index is 0.158. The highest BCUT2D eigenvalue weighted by atomic mass is 16.5. The smallest absolute Gasteiger partial charge is 0.164 e. The molecule has 116 valence electrons. The molecule has 3 nitrogen and oxygen atoms in total. The lowest BCUT2D eigenvalue weighted by Crippen LogP contribution is -2.02. The predicted octanol–water partition coefficient (Wildman–Crippen LogP) is 4.57. The summed E-state index contributed by atoms with van der Waals surface area (Å²) in [6.45, 7) is 6.45. The van der Waals surface area contributed by atoms with E-state index in [1.165, 1.54) is 0 Å². The minimum atomic E-state index is 0.158. The molecular weight excluding hydrogens is 276 g/mol. The highest BCUT2D eigenvalue weighted by Gasteiger charge is 2.15. The van der Waals surface area contributed by atoms with Gasteiger partial charge in [-0.05, 0) is 11.6 Å². The van der Waals surface area contributed by atoms with Crippen LogP contribution in [-0.4, -0.2) is 14.2 Å². The van der Waals surface area contributed by atoms with E-state index in [0.29, 0.717) is 18.1 Å². The van der Waals surface area contributed by atoms with Crippen molar-refractivity contribution < 1.29 is 14.2 Å². The monoisotopic (exact) mass is 298 g/mol. The third-order valence-electron chi connectivity index (χ3n) is 3.60. The number of ether oxygens (including phenoxy) is 3. The van der Waals surface area contributed by atoms with Crippen LogP contribution in [-0.2, 0) is 6.61 Å². The van der Waals surface area contributed by atoms with Gasteiger partial charge in [-0.2, -0.15) is 0 Å². The van der Waals surface area contributed by atoms with Gasteiger partial charge in [-0.25, -0.2) is 0 Å². The molecule has 0 aliphatic heterocycles. The van der Waals surface area contributed by atoms with Gasteiger partial charge in [0, 0.05) is 17.5 Å². The van der Waals surface area contributed by atoms with E-state index in [2.05, 4.69) is 13.5 Å². The molecular formula is C19H22O3. The fourth-order valence-electron chi connectivity index (χ4n) is 2.22. The molecule has 0 N–H and O–H groups in total. The number of hydrogen-bond donors (Lipinski definition) is 0. The molecule has 0 saturated heterocycles. The molecule has 1 unspecified atom stereocenters. The van der Waals surface area contributed by atoms with Crippen LogP contribution in [0.4, 0.5) is 0 Å². The quantitative estimate of drug-likeness (QED) is 0.701. The van der Waals surface area contributed by atoms with Crippen LogP contribution >= 0.6 is 0 Å². The van der Waals surface area contributed by atoms with Gasteiger partial charge in [-0.3, -0.25) is 0 Å². The molecule has 0 heterocycles. The number of hydrogen-bond acceptors (Lipinski definition) is 3. The van der Waals surface area contributed by atoms with Gasteiger partial charge in [0.15, 0.2) is 11.5 Å². The average molecular weight is 298 g/mol. The summed E-state index contributed by atoms with van der Waals surface area (Å²) in [5.74, 6) is 2.29. The summed E-state index contributed by atoms with van der Waals surface area (Å²) in [5.41, 5.74) is 2.15. The van der Waals surface area contributed by atoms with E-state index in [0.717, 1.165) is 16.9 Å². The van der Waals surface area contributed by atoms with Gasteiger partial charge in [-0.1, -0.05) is 43.3 Å². The lowest BCUT2D eigenvalue weighted by atomic mass is 9.99. The molecule has 0 bridgehead atoms. The van der Waals surface area contributed by atoms with Crippen molar-refractivity contribution in [1.29, 1.82) is 0 Å². The van der Waals surface area contributed by atoms with Crippen molar-refractivity contribution in [1.82, 2.24) is 0 Å². The molecule has 0 amide bonds. The largest absolute Gasteiger partial charge is 0.493 e. The molecule has 0 aliphatic carbocycles. The van der Waals surface area contributed by atoms with Crippen LogP contribution in [0, 0.1) is 0 Å². The van der Waals surface area contributed by atoms with Crippen LogP contribution in [0.2, 0.25) is 0 Å². The molecule has 0 radical (unpaired) electrons. The molecule has 0 saturated carbocycles. The van der Waals surface area contributed by atoms with Gasteiger partial charge >= 0.3 is 0 Å². The molecule has 0 aromatic heterocycles. The van der Waals surface area contributed by atoms with Crippen molar-refractivity contribution in [2.45, 2.75) is 19.4 Å². The van der Waals surface area contributed by atoms with E-state index in [1.807, 2.05) is 48.5 Å². The number of allylic oxidation sites excluding steroid dienone is 1. The van der Waals surface area contributed by atoms with E-state index in [9.17, 15) is 0 Å². The first-order valence-electron chi connectivity index (χ1n) is 7.24. The second-order valence-electron chi connectivity index (χ2n) is 5.04. The third-order valence-corrected chi connectivity index (χ3v) is 3.60. The summed E-state index contributed by atoms with van der Waals surface area (Å²) >= 11 is 0. The van der Waals surface area contributed by atoms with E-state index < -0.39 is 0 Å². The second-order valence-corrected chi connectivity index (χ2v) is 5.04. The summed E-state index contributed by atoms with van der Waals surface area (Å²) < 4.78 is 16.7. The summed E-state index contributed by atoms with van der Waals surface area (Å²) in [6.07, 6.45) is 1.89. The SMILES string of the molecule is C=CC(C)c1cc(OC)c(OC)cc1OCc1ccccc1. The Morgan fingerprint density at radius 1 is 1.00 bits per heavy atom. The highest BCUT2D eigenvalue weighted by molar-refractivity contribution is 5.52. The zero-order valence-electron chi connectivity index (χ0n) is 13.3. The summed E-state index contributed by atoms with van der Waals surface area (Å²) in [4.78, 5) is 0. The summed E-state index contributed by atoms with van der Waals surface area (Å²) in [6, 6.07) is 13.9. The Balaban J connectivity index is 2.32. The zero-order valence-corrected chi connectivity index (χ0v) is 13.3. The fraction of sp³-hybridized carbons (Fsp3) is 0.263. The zero-order chi connectivity index (χ0) is 15.9. The van der Waals surface area contributed by atoms with Gasteiger partial charge in [-0.15, -0.1) is 6.58 Å². The molecule has 22 heavy (non-hydrogen) atoms. The molecule has 0 fully saturated rings. The highest BCUT2D eigenvalue weighted by Crippen LogP contribution is 2.38. The predicted molar refractivity (Wildman–Crippen MR) is 88.9 cm³/mol. The Morgan fingerprint density at radius 3 is 2.23 bits per heavy atom. The first-order chi connectivity index (χ1) is 10.7. The third kappa shape index (κ3) is 3.61. The van der Waals surface area contributed by atoms with E-state index in [4.69, 9.17) is 14.2 Å². The van der Waals surface area contributed by atoms with Crippen molar-refractivity contribution in [2.75, 3.05) is 14.2 Å². The molecule has 2 aromatic carbocycles. The maximum atomic E-state index is 6.00. The topological polar surface area (TPSA) is 27.7 Å². The summed E-state index contributed by atoms with van der Waals surface area (Å²) in [5, 5.41) is 0. The Labute approximate surface area is 132 Å².